The van der Waals surface area contributed by atoms with Gasteiger partial charge in [0.05, 0.1) is 17.1 Å². The second-order valence-electron chi connectivity index (χ2n) is 10.9. The fraction of sp³-hybridized carbons (Fsp3) is 0.303. The van der Waals surface area contributed by atoms with Crippen LogP contribution in [0.1, 0.15) is 60.3 Å². The van der Waals surface area contributed by atoms with Crippen LogP contribution in [0.3, 0.4) is 0 Å². The molecule has 4 aromatic rings. The van der Waals surface area contributed by atoms with Crippen molar-refractivity contribution in [3.8, 4) is 0 Å². The number of hydrazone groups is 1. The first-order valence-corrected chi connectivity index (χ1v) is 14.6. The normalized spacial score (nSPS) is 16.5. The summed E-state index contributed by atoms with van der Waals surface area (Å²) in [4.78, 5) is 37.1. The molecule has 0 aliphatic carbocycles. The van der Waals surface area contributed by atoms with Crippen molar-refractivity contribution in [3.63, 3.8) is 0 Å². The number of carbonyl (C=O) groups is 2. The predicted octanol–water partition coefficient (Wildman–Crippen LogP) is 5.42. The average Bonchev–Trinajstić information content (AvgIpc) is 3.47. The van der Waals surface area contributed by atoms with E-state index >= 15 is 0 Å². The zero-order chi connectivity index (χ0) is 28.9. The number of pyridine rings is 2. The van der Waals surface area contributed by atoms with E-state index < -0.39 is 0 Å². The number of rotatable bonds is 9. The number of hydrogen-bond donors (Lipinski definition) is 2. The van der Waals surface area contributed by atoms with E-state index in [1.807, 2.05) is 66.9 Å². The van der Waals surface area contributed by atoms with E-state index in [1.165, 1.54) is 0 Å². The first kappa shape index (κ1) is 27.5. The lowest BCUT2D eigenvalue weighted by Gasteiger charge is -2.30. The molecule has 2 aliphatic heterocycles. The van der Waals surface area contributed by atoms with Crippen LogP contribution in [0, 0.1) is 0 Å². The van der Waals surface area contributed by atoms with Gasteiger partial charge in [0.25, 0.3) is 5.91 Å². The second-order valence-corrected chi connectivity index (χ2v) is 10.9. The number of hydrogen-bond acceptors (Lipinski definition) is 6. The number of carbonyl (C=O) groups excluding carboxylic acids is 2. The van der Waals surface area contributed by atoms with Gasteiger partial charge in [-0.05, 0) is 72.0 Å². The summed E-state index contributed by atoms with van der Waals surface area (Å²) < 4.78 is 0. The van der Waals surface area contributed by atoms with Crippen LogP contribution >= 0.6 is 0 Å². The number of anilines is 1. The van der Waals surface area contributed by atoms with E-state index in [-0.39, 0.29) is 17.9 Å². The predicted molar refractivity (Wildman–Crippen MR) is 164 cm³/mol. The molecule has 0 spiro atoms. The number of aromatic nitrogens is 2. The molecule has 9 heteroatoms. The summed E-state index contributed by atoms with van der Waals surface area (Å²) in [6, 6.07) is 19.4. The highest BCUT2D eigenvalue weighted by molar-refractivity contribution is 6.07. The minimum absolute atomic E-state index is 0.0135. The topological polar surface area (TPSA) is 117 Å². The van der Waals surface area contributed by atoms with Gasteiger partial charge >= 0.3 is 6.03 Å². The molecule has 1 unspecified atom stereocenters. The molecule has 3 N–H and O–H groups in total. The third kappa shape index (κ3) is 5.87. The van der Waals surface area contributed by atoms with Crippen LogP contribution in [-0.4, -0.2) is 50.6 Å². The van der Waals surface area contributed by atoms with Crippen LogP contribution in [0.5, 0.6) is 0 Å². The number of nitrogens with zero attached hydrogens (tertiary/aromatic N) is 5. The van der Waals surface area contributed by atoms with Crippen molar-refractivity contribution >= 4 is 34.2 Å². The van der Waals surface area contributed by atoms with Crippen LogP contribution in [0.4, 0.5) is 10.5 Å². The zero-order valence-corrected chi connectivity index (χ0v) is 23.6. The molecule has 0 saturated heterocycles. The van der Waals surface area contributed by atoms with E-state index in [2.05, 4.69) is 15.3 Å². The summed E-state index contributed by atoms with van der Waals surface area (Å²) >= 11 is 0. The average molecular weight is 562 g/mol. The Morgan fingerprint density at radius 1 is 0.929 bits per heavy atom. The van der Waals surface area contributed by atoms with Crippen LogP contribution in [0.15, 0.2) is 84.4 Å². The number of unbranched alkanes of at least 4 members (excludes halogenated alkanes) is 3. The van der Waals surface area contributed by atoms with Gasteiger partial charge in [-0.25, -0.2) is 9.80 Å². The lowest BCUT2D eigenvalue weighted by atomic mass is 9.86. The maximum Gasteiger partial charge on any atom is 0.322 e. The van der Waals surface area contributed by atoms with Crippen molar-refractivity contribution in [2.24, 2.45) is 10.8 Å². The highest BCUT2D eigenvalue weighted by Gasteiger charge is 2.33. The minimum atomic E-state index is -0.361. The summed E-state index contributed by atoms with van der Waals surface area (Å²) in [6.07, 6.45) is 9.73. The van der Waals surface area contributed by atoms with Crippen LogP contribution in [0.2, 0.25) is 0 Å². The molecule has 2 aromatic heterocycles. The molecule has 2 aromatic carbocycles. The summed E-state index contributed by atoms with van der Waals surface area (Å²) in [6.45, 7) is 2.36. The number of nitrogens with one attached hydrogen (secondary N) is 1. The second kappa shape index (κ2) is 12.5. The monoisotopic (exact) mass is 561 g/mol. The van der Waals surface area contributed by atoms with E-state index in [0.717, 1.165) is 64.6 Å². The fourth-order valence-corrected chi connectivity index (χ4v) is 5.78. The van der Waals surface area contributed by atoms with Crippen molar-refractivity contribution in [2.75, 3.05) is 18.4 Å². The van der Waals surface area contributed by atoms with Gasteiger partial charge in [0.2, 0.25) is 0 Å². The Labute approximate surface area is 245 Å². The SMILES string of the molecule is NCCCCCCN1N=C(c2ccc(NC(=O)N3Cc4ccncc4C3)cc2)CC(c2cccc3ncccc23)C1=O. The largest absolute Gasteiger partial charge is 0.330 e. The van der Waals surface area contributed by atoms with Gasteiger partial charge in [-0.15, -0.1) is 0 Å². The quantitative estimate of drug-likeness (QED) is 0.265. The fourth-order valence-electron chi connectivity index (χ4n) is 5.78. The van der Waals surface area contributed by atoms with Gasteiger partial charge in [0.15, 0.2) is 0 Å². The Hall–Kier alpha value is -4.63. The maximum atomic E-state index is 13.8. The smallest absolute Gasteiger partial charge is 0.322 e. The molecule has 1 atom stereocenters. The number of fused-ring (bicyclic) bond motifs is 2. The standard InChI is InChI=1S/C33H35N7O2/c34-15-3-1-2-4-18-40-32(41)29(27-7-5-9-30-28(27)8-6-16-36-30)19-31(38-40)23-10-12-26(13-11-23)37-33(42)39-21-24-14-17-35-20-25(24)22-39/h5-14,16-17,20,29H,1-4,15,18-19,21-22,34H2,(H,37,42). The van der Waals surface area contributed by atoms with E-state index in [9.17, 15) is 9.59 Å². The molecule has 42 heavy (non-hydrogen) atoms. The van der Waals surface area contributed by atoms with Gasteiger partial charge < -0.3 is 16.0 Å². The third-order valence-corrected chi connectivity index (χ3v) is 8.05. The third-order valence-electron chi connectivity index (χ3n) is 8.05. The molecule has 3 amide bonds. The summed E-state index contributed by atoms with van der Waals surface area (Å²) in [5.74, 6) is -0.347. The summed E-state index contributed by atoms with van der Waals surface area (Å²) in [5.41, 5.74) is 12.2. The van der Waals surface area contributed by atoms with E-state index in [0.29, 0.717) is 38.3 Å². The van der Waals surface area contributed by atoms with Gasteiger partial charge in [0.1, 0.15) is 0 Å². The maximum absolute atomic E-state index is 13.8. The number of benzene rings is 2. The van der Waals surface area contributed by atoms with Crippen molar-refractivity contribution < 1.29 is 9.59 Å². The first-order valence-electron chi connectivity index (χ1n) is 14.6. The molecular formula is C33H35N7O2. The molecule has 214 valence electrons. The molecule has 0 bridgehead atoms. The zero-order valence-electron chi connectivity index (χ0n) is 23.6. The molecule has 9 nitrogen and oxygen atoms in total. The van der Waals surface area contributed by atoms with Crippen molar-refractivity contribution in [2.45, 2.75) is 51.1 Å². The number of nitrogens with two attached hydrogens (primary N) is 1. The number of amides is 3. The summed E-state index contributed by atoms with van der Waals surface area (Å²) in [7, 11) is 0. The molecule has 4 heterocycles. The Bertz CT molecular complexity index is 1590. The molecule has 2 aliphatic rings. The molecule has 0 fully saturated rings. The van der Waals surface area contributed by atoms with Gasteiger partial charge in [0, 0.05) is 55.7 Å². The molecule has 0 radical (unpaired) electrons. The van der Waals surface area contributed by atoms with Crippen molar-refractivity contribution in [1.29, 1.82) is 0 Å². The minimum Gasteiger partial charge on any atom is -0.330 e. The Morgan fingerprint density at radius 2 is 1.76 bits per heavy atom. The lowest BCUT2D eigenvalue weighted by molar-refractivity contribution is -0.133. The Kier molecular flexibility index (Phi) is 8.18. The van der Waals surface area contributed by atoms with Gasteiger partial charge in [-0.2, -0.15) is 5.10 Å². The highest BCUT2D eigenvalue weighted by Crippen LogP contribution is 2.33. The Morgan fingerprint density at radius 3 is 2.60 bits per heavy atom. The number of urea groups is 1. The molecule has 6 rings (SSSR count). The van der Waals surface area contributed by atoms with Crippen LogP contribution < -0.4 is 11.1 Å². The Balaban J connectivity index is 1.21. The lowest BCUT2D eigenvalue weighted by Crippen LogP contribution is -2.38. The molecular weight excluding hydrogens is 526 g/mol. The van der Waals surface area contributed by atoms with Crippen LogP contribution in [0.25, 0.3) is 10.9 Å². The first-order chi connectivity index (χ1) is 20.6. The summed E-state index contributed by atoms with van der Waals surface area (Å²) in [5, 5.41) is 10.5. The highest BCUT2D eigenvalue weighted by atomic mass is 16.2. The van der Waals surface area contributed by atoms with Gasteiger partial charge in [-0.1, -0.05) is 43.2 Å². The van der Waals surface area contributed by atoms with Crippen LogP contribution in [-0.2, 0) is 17.9 Å². The van der Waals surface area contributed by atoms with Crippen molar-refractivity contribution in [1.82, 2.24) is 19.9 Å². The van der Waals surface area contributed by atoms with Crippen molar-refractivity contribution in [3.05, 3.63) is 102 Å². The van der Waals surface area contributed by atoms with Gasteiger partial charge in [-0.3, -0.25) is 14.8 Å². The van der Waals surface area contributed by atoms with E-state index in [4.69, 9.17) is 10.8 Å². The van der Waals surface area contributed by atoms with E-state index in [1.54, 1.807) is 22.3 Å². The molecule has 0 saturated carbocycles.